The fourth-order valence-electron chi connectivity index (χ4n) is 1.48. The van der Waals surface area contributed by atoms with E-state index in [0.717, 1.165) is 6.26 Å². The van der Waals surface area contributed by atoms with Gasteiger partial charge in [0.15, 0.2) is 0 Å². The molecule has 0 fully saturated rings. The van der Waals surface area contributed by atoms with Gasteiger partial charge in [-0.2, -0.15) is 13.2 Å². The molecule has 2 nitrogen and oxygen atoms in total. The minimum Gasteiger partial charge on any atom is -0.494 e. The summed E-state index contributed by atoms with van der Waals surface area (Å²) in [5, 5.41) is 0.0518. The Morgan fingerprint density at radius 3 is 2.69 bits per heavy atom. The molecule has 0 N–H and O–H groups in total. The highest BCUT2D eigenvalue weighted by Crippen LogP contribution is 2.37. The summed E-state index contributed by atoms with van der Waals surface area (Å²) in [6.45, 7) is 2.26. The number of fused-ring (bicyclic) bond motifs is 1. The molecule has 0 aliphatic heterocycles. The van der Waals surface area contributed by atoms with Crippen molar-refractivity contribution in [2.45, 2.75) is 13.1 Å². The van der Waals surface area contributed by atoms with E-state index >= 15 is 0 Å². The zero-order valence-electron chi connectivity index (χ0n) is 8.47. The van der Waals surface area contributed by atoms with Crippen LogP contribution in [0.25, 0.3) is 11.0 Å². The Morgan fingerprint density at radius 2 is 2.06 bits per heavy atom. The summed E-state index contributed by atoms with van der Waals surface area (Å²) in [6, 6.07) is 4.30. The van der Waals surface area contributed by atoms with Crippen molar-refractivity contribution < 1.29 is 22.3 Å². The van der Waals surface area contributed by atoms with E-state index in [4.69, 9.17) is 9.15 Å². The molecule has 0 saturated carbocycles. The van der Waals surface area contributed by atoms with Crippen LogP contribution in [-0.4, -0.2) is 6.61 Å². The van der Waals surface area contributed by atoms with Crippen molar-refractivity contribution in [2.24, 2.45) is 0 Å². The third-order valence-corrected chi connectivity index (χ3v) is 2.16. The molecule has 1 aromatic carbocycles. The second-order valence-corrected chi connectivity index (χ2v) is 3.24. The lowest BCUT2D eigenvalue weighted by molar-refractivity contribution is -0.136. The number of ether oxygens (including phenoxy) is 1. The lowest BCUT2D eigenvalue weighted by Crippen LogP contribution is -2.03. The summed E-state index contributed by atoms with van der Waals surface area (Å²) >= 11 is 0. The van der Waals surface area contributed by atoms with Crippen molar-refractivity contribution in [1.82, 2.24) is 0 Å². The number of halogens is 3. The van der Waals surface area contributed by atoms with Gasteiger partial charge in [0.1, 0.15) is 23.2 Å². The van der Waals surface area contributed by atoms with Crippen LogP contribution >= 0.6 is 0 Å². The monoisotopic (exact) mass is 230 g/mol. The minimum absolute atomic E-state index is 0.0518. The van der Waals surface area contributed by atoms with Crippen LogP contribution < -0.4 is 4.74 Å². The van der Waals surface area contributed by atoms with Crippen molar-refractivity contribution in [2.75, 3.05) is 6.61 Å². The number of benzene rings is 1. The van der Waals surface area contributed by atoms with E-state index in [9.17, 15) is 13.2 Å². The molecule has 5 heteroatoms. The zero-order valence-corrected chi connectivity index (χ0v) is 8.47. The lowest BCUT2D eigenvalue weighted by Gasteiger charge is -2.04. The van der Waals surface area contributed by atoms with Gasteiger partial charge in [-0.25, -0.2) is 0 Å². The molecule has 1 aromatic heterocycles. The maximum absolute atomic E-state index is 12.5. The van der Waals surface area contributed by atoms with Gasteiger partial charge in [0.25, 0.3) is 0 Å². The van der Waals surface area contributed by atoms with E-state index in [-0.39, 0.29) is 11.0 Å². The Bertz CT molecular complexity index is 499. The van der Waals surface area contributed by atoms with Crippen molar-refractivity contribution >= 4 is 11.0 Å². The fraction of sp³-hybridized carbons (Fsp3) is 0.273. The first-order chi connectivity index (χ1) is 7.52. The highest BCUT2D eigenvalue weighted by atomic mass is 19.4. The van der Waals surface area contributed by atoms with Gasteiger partial charge >= 0.3 is 6.18 Å². The molecule has 0 aliphatic carbocycles. The zero-order chi connectivity index (χ0) is 11.8. The first-order valence-corrected chi connectivity index (χ1v) is 4.73. The van der Waals surface area contributed by atoms with Crippen molar-refractivity contribution in [3.05, 3.63) is 30.0 Å². The standard InChI is InChI=1S/C11H9F3O2/c1-2-15-7-3-4-8-9(11(12,13)14)6-16-10(8)5-7/h3-6H,2H2,1H3. The van der Waals surface area contributed by atoms with Crippen molar-refractivity contribution in [1.29, 1.82) is 0 Å². The van der Waals surface area contributed by atoms with Gasteiger partial charge in [-0.1, -0.05) is 0 Å². The number of rotatable bonds is 2. The molecule has 0 atom stereocenters. The molecule has 0 radical (unpaired) electrons. The second kappa shape index (κ2) is 3.73. The van der Waals surface area contributed by atoms with Crippen LogP contribution in [0.1, 0.15) is 12.5 Å². The smallest absolute Gasteiger partial charge is 0.420 e. The maximum atomic E-state index is 12.5. The van der Waals surface area contributed by atoms with E-state index in [0.29, 0.717) is 12.4 Å². The minimum atomic E-state index is -4.39. The number of furan rings is 1. The van der Waals surface area contributed by atoms with Gasteiger partial charge in [-0.05, 0) is 19.1 Å². The van der Waals surface area contributed by atoms with Crippen LogP contribution in [0.3, 0.4) is 0 Å². The fourth-order valence-corrected chi connectivity index (χ4v) is 1.48. The van der Waals surface area contributed by atoms with Crippen molar-refractivity contribution in [3.8, 4) is 5.75 Å². The van der Waals surface area contributed by atoms with Gasteiger partial charge in [-0.3, -0.25) is 0 Å². The van der Waals surface area contributed by atoms with E-state index in [1.165, 1.54) is 18.2 Å². The molecule has 0 unspecified atom stereocenters. The molecular weight excluding hydrogens is 221 g/mol. The molecule has 0 aliphatic rings. The predicted octanol–water partition coefficient (Wildman–Crippen LogP) is 3.85. The van der Waals surface area contributed by atoms with Gasteiger partial charge in [0.2, 0.25) is 0 Å². The Hall–Kier alpha value is -1.65. The van der Waals surface area contributed by atoms with Crippen LogP contribution in [0.15, 0.2) is 28.9 Å². The average molecular weight is 230 g/mol. The van der Waals surface area contributed by atoms with Gasteiger partial charge in [-0.15, -0.1) is 0 Å². The summed E-state index contributed by atoms with van der Waals surface area (Å²) < 4.78 is 47.6. The summed E-state index contributed by atoms with van der Waals surface area (Å²) in [4.78, 5) is 0. The van der Waals surface area contributed by atoms with E-state index in [1.54, 1.807) is 6.92 Å². The topological polar surface area (TPSA) is 22.4 Å². The van der Waals surface area contributed by atoms with Crippen LogP contribution in [0.5, 0.6) is 5.75 Å². The summed E-state index contributed by atoms with van der Waals surface area (Å²) in [6.07, 6.45) is -3.67. The number of alkyl halides is 3. The average Bonchev–Trinajstić information content (AvgIpc) is 2.60. The molecule has 86 valence electrons. The van der Waals surface area contributed by atoms with E-state index in [1.807, 2.05) is 0 Å². The van der Waals surface area contributed by atoms with Gasteiger partial charge < -0.3 is 9.15 Å². The lowest BCUT2D eigenvalue weighted by atomic mass is 10.1. The Labute approximate surface area is 89.6 Å². The number of hydrogen-bond acceptors (Lipinski definition) is 2. The maximum Gasteiger partial charge on any atom is 0.420 e. The van der Waals surface area contributed by atoms with Gasteiger partial charge in [0, 0.05) is 11.5 Å². The van der Waals surface area contributed by atoms with E-state index < -0.39 is 11.7 Å². The molecular formula is C11H9F3O2. The van der Waals surface area contributed by atoms with Crippen LogP contribution in [0, 0.1) is 0 Å². The Kier molecular flexibility index (Phi) is 2.53. The van der Waals surface area contributed by atoms with E-state index in [2.05, 4.69) is 0 Å². The Balaban J connectivity index is 2.51. The normalized spacial score (nSPS) is 12.0. The summed E-state index contributed by atoms with van der Waals surface area (Å²) in [7, 11) is 0. The molecule has 16 heavy (non-hydrogen) atoms. The Morgan fingerprint density at radius 1 is 1.31 bits per heavy atom. The highest BCUT2D eigenvalue weighted by molar-refractivity contribution is 5.82. The van der Waals surface area contributed by atoms with Gasteiger partial charge in [0.05, 0.1) is 6.61 Å². The molecule has 0 amide bonds. The molecule has 0 saturated heterocycles. The van der Waals surface area contributed by atoms with Crippen LogP contribution in [0.4, 0.5) is 13.2 Å². The molecule has 1 heterocycles. The third-order valence-electron chi connectivity index (χ3n) is 2.16. The first kappa shape index (κ1) is 10.9. The summed E-state index contributed by atoms with van der Waals surface area (Å²) in [5.41, 5.74) is -0.580. The van der Waals surface area contributed by atoms with Crippen molar-refractivity contribution in [3.63, 3.8) is 0 Å². The summed E-state index contributed by atoms with van der Waals surface area (Å²) in [5.74, 6) is 0.498. The largest absolute Gasteiger partial charge is 0.494 e. The molecule has 2 aromatic rings. The predicted molar refractivity (Wildman–Crippen MR) is 52.4 cm³/mol. The van der Waals surface area contributed by atoms with Crippen LogP contribution in [-0.2, 0) is 6.18 Å². The quantitative estimate of drug-likeness (QED) is 0.781. The van der Waals surface area contributed by atoms with Crippen LogP contribution in [0.2, 0.25) is 0 Å². The molecule has 2 rings (SSSR count). The first-order valence-electron chi connectivity index (χ1n) is 4.73. The third kappa shape index (κ3) is 1.85. The number of hydrogen-bond donors (Lipinski definition) is 0. The highest BCUT2D eigenvalue weighted by Gasteiger charge is 2.34. The second-order valence-electron chi connectivity index (χ2n) is 3.24. The SMILES string of the molecule is CCOc1ccc2c(C(F)(F)F)coc2c1. The molecule has 0 bridgehead atoms. The molecule has 0 spiro atoms.